The smallest absolute Gasteiger partial charge is 0.242 e. The first-order valence-corrected chi connectivity index (χ1v) is 7.42. The van der Waals surface area contributed by atoms with Crippen LogP contribution < -0.4 is 5.32 Å². The fourth-order valence-corrected chi connectivity index (χ4v) is 2.99. The normalized spacial score (nSPS) is 22.4. The third-order valence-electron chi connectivity index (χ3n) is 4.11. The molecule has 1 aromatic heterocycles. The summed E-state index contributed by atoms with van der Waals surface area (Å²) in [5.74, 6) is 0.863. The molecule has 1 N–H and O–H groups in total. The van der Waals surface area contributed by atoms with Crippen molar-refractivity contribution in [3.63, 3.8) is 0 Å². The zero-order valence-electron chi connectivity index (χ0n) is 13.1. The van der Waals surface area contributed by atoms with Crippen molar-refractivity contribution < 1.29 is 9.53 Å². The molecule has 0 radical (unpaired) electrons. The Morgan fingerprint density at radius 3 is 2.76 bits per heavy atom. The van der Waals surface area contributed by atoms with Crippen molar-refractivity contribution in [2.45, 2.75) is 38.3 Å². The molecule has 0 saturated carbocycles. The maximum atomic E-state index is 12.4. The van der Waals surface area contributed by atoms with Gasteiger partial charge in [0.15, 0.2) is 0 Å². The van der Waals surface area contributed by atoms with Crippen molar-refractivity contribution in [3.8, 4) is 0 Å². The summed E-state index contributed by atoms with van der Waals surface area (Å²) in [4.78, 5) is 23.2. The fourth-order valence-electron chi connectivity index (χ4n) is 2.99. The monoisotopic (exact) mass is 292 g/mol. The second-order valence-corrected chi connectivity index (χ2v) is 5.43. The summed E-state index contributed by atoms with van der Waals surface area (Å²) in [7, 11) is 3.32. The van der Waals surface area contributed by atoms with Crippen LogP contribution in [0.25, 0.3) is 0 Å². The fraction of sp³-hybridized carbons (Fsp3) is 0.667. The molecule has 1 atom stereocenters. The summed E-state index contributed by atoms with van der Waals surface area (Å²) >= 11 is 0. The molecule has 0 aliphatic carbocycles. The Balaban J connectivity index is 2.17. The summed E-state index contributed by atoms with van der Waals surface area (Å²) in [6.45, 7) is 3.98. The first-order valence-electron chi connectivity index (χ1n) is 7.42. The Bertz CT molecular complexity index is 477. The number of amides is 1. The molecule has 1 saturated heterocycles. The molecule has 0 aromatic carbocycles. The van der Waals surface area contributed by atoms with Gasteiger partial charge in [0.1, 0.15) is 11.4 Å². The molecule has 21 heavy (non-hydrogen) atoms. The van der Waals surface area contributed by atoms with E-state index >= 15 is 0 Å². The lowest BCUT2D eigenvalue weighted by Crippen LogP contribution is -2.57. The van der Waals surface area contributed by atoms with Crippen LogP contribution in [0.1, 0.15) is 31.2 Å². The second kappa shape index (κ2) is 6.95. The van der Waals surface area contributed by atoms with Crippen molar-refractivity contribution in [1.82, 2.24) is 20.2 Å². The Kier molecular flexibility index (Phi) is 5.25. The van der Waals surface area contributed by atoms with Crippen molar-refractivity contribution in [1.29, 1.82) is 0 Å². The molecule has 2 rings (SSSR count). The maximum absolute atomic E-state index is 12.4. The highest BCUT2D eigenvalue weighted by atomic mass is 16.5. The molecule has 1 aliphatic heterocycles. The molecule has 1 fully saturated rings. The van der Waals surface area contributed by atoms with E-state index in [0.717, 1.165) is 37.2 Å². The Morgan fingerprint density at radius 2 is 2.19 bits per heavy atom. The van der Waals surface area contributed by atoms with Crippen LogP contribution in [0, 0.1) is 0 Å². The number of likely N-dealkylation sites (N-methyl/N-ethyl adjacent to an activating group) is 1. The zero-order chi connectivity index (χ0) is 15.3. The Labute approximate surface area is 125 Å². The van der Waals surface area contributed by atoms with E-state index in [-0.39, 0.29) is 5.91 Å². The van der Waals surface area contributed by atoms with E-state index in [4.69, 9.17) is 4.74 Å². The van der Waals surface area contributed by atoms with Gasteiger partial charge in [-0.05, 0) is 19.4 Å². The van der Waals surface area contributed by atoms with Gasteiger partial charge in [-0.1, -0.05) is 6.92 Å². The Hall–Kier alpha value is -1.53. The van der Waals surface area contributed by atoms with Crippen LogP contribution in [-0.2, 0) is 22.5 Å². The number of rotatable bonds is 6. The SMILES string of the molecule is CCc1ncc(CN2CCCC2(COC)C(=O)NC)cn1. The van der Waals surface area contributed by atoms with E-state index in [2.05, 4.69) is 20.2 Å². The van der Waals surface area contributed by atoms with Crippen LogP contribution in [0.2, 0.25) is 0 Å². The van der Waals surface area contributed by atoms with Gasteiger partial charge in [0.05, 0.1) is 6.61 Å². The van der Waals surface area contributed by atoms with Crippen molar-refractivity contribution in [2.24, 2.45) is 0 Å². The molecular formula is C15H24N4O2. The van der Waals surface area contributed by atoms with E-state index in [1.54, 1.807) is 14.2 Å². The van der Waals surface area contributed by atoms with E-state index in [0.29, 0.717) is 13.2 Å². The van der Waals surface area contributed by atoms with Gasteiger partial charge in [0.25, 0.3) is 0 Å². The van der Waals surface area contributed by atoms with Gasteiger partial charge in [0, 0.05) is 45.1 Å². The highest BCUT2D eigenvalue weighted by molar-refractivity contribution is 5.86. The summed E-state index contributed by atoms with van der Waals surface area (Å²) < 4.78 is 5.32. The summed E-state index contributed by atoms with van der Waals surface area (Å²) in [6, 6.07) is 0. The number of nitrogens with zero attached hydrogens (tertiary/aromatic N) is 3. The molecule has 2 heterocycles. The third kappa shape index (κ3) is 3.22. The van der Waals surface area contributed by atoms with Crippen molar-refractivity contribution in [3.05, 3.63) is 23.8 Å². The van der Waals surface area contributed by atoms with E-state index in [9.17, 15) is 4.79 Å². The molecule has 1 unspecified atom stereocenters. The highest BCUT2D eigenvalue weighted by Crippen LogP contribution is 2.31. The highest BCUT2D eigenvalue weighted by Gasteiger charge is 2.46. The minimum absolute atomic E-state index is 0.0212. The van der Waals surface area contributed by atoms with E-state index in [1.165, 1.54) is 0 Å². The average molecular weight is 292 g/mol. The number of ether oxygens (including phenoxy) is 1. The minimum atomic E-state index is -0.576. The van der Waals surface area contributed by atoms with Gasteiger partial charge in [-0.2, -0.15) is 0 Å². The molecule has 6 nitrogen and oxygen atoms in total. The van der Waals surface area contributed by atoms with Crippen molar-refractivity contribution in [2.75, 3.05) is 27.3 Å². The maximum Gasteiger partial charge on any atom is 0.242 e. The third-order valence-corrected chi connectivity index (χ3v) is 4.11. The minimum Gasteiger partial charge on any atom is -0.382 e. The Morgan fingerprint density at radius 1 is 1.48 bits per heavy atom. The number of hydrogen-bond donors (Lipinski definition) is 1. The van der Waals surface area contributed by atoms with Gasteiger partial charge in [-0.25, -0.2) is 9.97 Å². The predicted octanol–water partition coefficient (Wildman–Crippen LogP) is 0.766. The van der Waals surface area contributed by atoms with Crippen LogP contribution in [0.4, 0.5) is 0 Å². The van der Waals surface area contributed by atoms with Crippen LogP contribution >= 0.6 is 0 Å². The predicted molar refractivity (Wildman–Crippen MR) is 79.7 cm³/mol. The lowest BCUT2D eigenvalue weighted by molar-refractivity contribution is -0.135. The van der Waals surface area contributed by atoms with Crippen LogP contribution in [0.3, 0.4) is 0 Å². The molecular weight excluding hydrogens is 268 g/mol. The first-order chi connectivity index (χ1) is 10.2. The summed E-state index contributed by atoms with van der Waals surface area (Å²) in [5.41, 5.74) is 0.450. The van der Waals surface area contributed by atoms with Gasteiger partial charge >= 0.3 is 0 Å². The van der Waals surface area contributed by atoms with Crippen LogP contribution in [0.15, 0.2) is 12.4 Å². The summed E-state index contributed by atoms with van der Waals surface area (Å²) in [5, 5.41) is 2.77. The van der Waals surface area contributed by atoms with E-state index < -0.39 is 5.54 Å². The lowest BCUT2D eigenvalue weighted by atomic mass is 9.95. The molecule has 116 valence electrons. The van der Waals surface area contributed by atoms with Crippen LogP contribution in [0.5, 0.6) is 0 Å². The molecule has 1 amide bonds. The largest absolute Gasteiger partial charge is 0.382 e. The van der Waals surface area contributed by atoms with E-state index in [1.807, 2.05) is 19.3 Å². The number of methoxy groups -OCH3 is 1. The van der Waals surface area contributed by atoms with Gasteiger partial charge < -0.3 is 10.1 Å². The number of likely N-dealkylation sites (tertiary alicyclic amines) is 1. The number of aryl methyl sites for hydroxylation is 1. The second-order valence-electron chi connectivity index (χ2n) is 5.43. The van der Waals surface area contributed by atoms with Crippen LogP contribution in [-0.4, -0.2) is 53.6 Å². The topological polar surface area (TPSA) is 67.4 Å². The molecule has 1 aliphatic rings. The lowest BCUT2D eigenvalue weighted by Gasteiger charge is -2.36. The van der Waals surface area contributed by atoms with Crippen molar-refractivity contribution >= 4 is 5.91 Å². The van der Waals surface area contributed by atoms with Gasteiger partial charge in [0.2, 0.25) is 5.91 Å². The number of carbonyl (C=O) groups is 1. The number of hydrogen-bond acceptors (Lipinski definition) is 5. The standard InChI is InChI=1S/C15H24N4O2/c1-4-13-17-8-12(9-18-13)10-19-7-5-6-15(19,11-21-3)14(20)16-2/h8-9H,4-7,10-11H2,1-3H3,(H,16,20). The summed E-state index contributed by atoms with van der Waals surface area (Å²) in [6.07, 6.45) is 6.34. The van der Waals surface area contributed by atoms with Gasteiger partial charge in [-0.15, -0.1) is 0 Å². The number of carbonyl (C=O) groups excluding carboxylic acids is 1. The molecule has 1 aromatic rings. The quantitative estimate of drug-likeness (QED) is 0.838. The van der Waals surface area contributed by atoms with Gasteiger partial charge in [-0.3, -0.25) is 9.69 Å². The zero-order valence-corrected chi connectivity index (χ0v) is 13.1. The number of aromatic nitrogens is 2. The molecule has 6 heteroatoms. The molecule has 0 spiro atoms. The number of nitrogens with one attached hydrogen (secondary N) is 1. The molecule has 0 bridgehead atoms. The first kappa shape index (κ1) is 15.9. The average Bonchev–Trinajstić information content (AvgIpc) is 2.91.